The van der Waals surface area contributed by atoms with Crippen LogP contribution in [0.4, 0.5) is 5.69 Å². The Morgan fingerprint density at radius 1 is 1.35 bits per heavy atom. The van der Waals surface area contributed by atoms with Gasteiger partial charge in [0.1, 0.15) is 11.5 Å². The molecule has 1 rings (SSSR count). The van der Waals surface area contributed by atoms with Gasteiger partial charge in [-0.3, -0.25) is 0 Å². The molecule has 0 amide bonds. The number of benzene rings is 1. The third-order valence-electron chi connectivity index (χ3n) is 2.52. The van der Waals surface area contributed by atoms with Gasteiger partial charge in [0.2, 0.25) is 0 Å². The van der Waals surface area contributed by atoms with Gasteiger partial charge in [0, 0.05) is 19.2 Å². The Bertz CT molecular complexity index is 369. The Labute approximate surface area is 102 Å². The lowest BCUT2D eigenvalue weighted by Crippen LogP contribution is -2.28. The van der Waals surface area contributed by atoms with E-state index in [0.717, 1.165) is 17.0 Å². The highest BCUT2D eigenvalue weighted by Crippen LogP contribution is 2.32. The molecule has 1 atom stereocenters. The number of hydrogen-bond donors (Lipinski definition) is 3. The monoisotopic (exact) mass is 240 g/mol. The van der Waals surface area contributed by atoms with Gasteiger partial charge in [0.15, 0.2) is 0 Å². The lowest BCUT2D eigenvalue weighted by atomic mass is 10.1. The molecule has 0 radical (unpaired) electrons. The molecule has 0 bridgehead atoms. The summed E-state index contributed by atoms with van der Waals surface area (Å²) in [5.41, 5.74) is 7.19. The fourth-order valence-electron chi connectivity index (χ4n) is 1.53. The van der Waals surface area contributed by atoms with Gasteiger partial charge in [-0.25, -0.2) is 0 Å². The van der Waals surface area contributed by atoms with Crippen LogP contribution in [0.15, 0.2) is 12.1 Å². The number of aliphatic hydroxyl groups is 1. The molecule has 0 saturated heterocycles. The normalized spacial score (nSPS) is 12.1. The number of methoxy groups -OCH3 is 2. The summed E-state index contributed by atoms with van der Waals surface area (Å²) in [5.74, 6) is 1.43. The van der Waals surface area contributed by atoms with E-state index in [0.29, 0.717) is 12.3 Å². The molecule has 1 unspecified atom stereocenters. The van der Waals surface area contributed by atoms with E-state index in [1.54, 1.807) is 20.3 Å². The predicted octanol–water partition coefficient (Wildman–Crippen LogP) is 0.744. The molecule has 5 nitrogen and oxygen atoms in total. The van der Waals surface area contributed by atoms with Gasteiger partial charge in [-0.1, -0.05) is 0 Å². The topological polar surface area (TPSA) is 76.7 Å². The average Bonchev–Trinajstić information content (AvgIpc) is 2.35. The zero-order valence-corrected chi connectivity index (χ0v) is 10.5. The van der Waals surface area contributed by atoms with Crippen molar-refractivity contribution in [2.24, 2.45) is 5.73 Å². The van der Waals surface area contributed by atoms with Crippen molar-refractivity contribution in [2.45, 2.75) is 13.0 Å². The number of hydrogen-bond acceptors (Lipinski definition) is 5. The molecule has 17 heavy (non-hydrogen) atoms. The minimum Gasteiger partial charge on any atom is -0.497 e. The second kappa shape index (κ2) is 6.32. The summed E-state index contributed by atoms with van der Waals surface area (Å²) in [7, 11) is 3.21. The molecule has 0 aliphatic rings. The summed E-state index contributed by atoms with van der Waals surface area (Å²) in [6.07, 6.45) is -0.568. The van der Waals surface area contributed by atoms with Crippen molar-refractivity contribution in [2.75, 3.05) is 32.6 Å². The van der Waals surface area contributed by atoms with E-state index in [4.69, 9.17) is 15.2 Å². The first-order chi connectivity index (χ1) is 8.12. The molecular formula is C12H20N2O3. The zero-order valence-electron chi connectivity index (χ0n) is 10.5. The van der Waals surface area contributed by atoms with E-state index in [1.807, 2.05) is 13.0 Å². The Morgan fingerprint density at radius 2 is 2.06 bits per heavy atom. The van der Waals surface area contributed by atoms with Crippen LogP contribution in [-0.4, -0.2) is 38.5 Å². The van der Waals surface area contributed by atoms with E-state index < -0.39 is 6.10 Å². The lowest BCUT2D eigenvalue weighted by molar-refractivity contribution is 0.196. The van der Waals surface area contributed by atoms with Crippen LogP contribution in [0, 0.1) is 6.92 Å². The molecular weight excluding hydrogens is 220 g/mol. The summed E-state index contributed by atoms with van der Waals surface area (Å²) >= 11 is 0. The lowest BCUT2D eigenvalue weighted by Gasteiger charge is -2.17. The van der Waals surface area contributed by atoms with Crippen molar-refractivity contribution in [3.05, 3.63) is 17.7 Å². The highest BCUT2D eigenvalue weighted by atomic mass is 16.5. The number of ether oxygens (including phenoxy) is 2. The molecule has 1 aromatic carbocycles. The molecule has 96 valence electrons. The zero-order chi connectivity index (χ0) is 12.8. The van der Waals surface area contributed by atoms with Crippen molar-refractivity contribution >= 4 is 5.69 Å². The highest BCUT2D eigenvalue weighted by Gasteiger charge is 2.10. The number of rotatable bonds is 6. The molecule has 5 heteroatoms. The fourth-order valence-corrected chi connectivity index (χ4v) is 1.53. The maximum absolute atomic E-state index is 9.42. The predicted molar refractivity (Wildman–Crippen MR) is 67.8 cm³/mol. The second-order valence-corrected chi connectivity index (χ2v) is 3.79. The van der Waals surface area contributed by atoms with E-state index >= 15 is 0 Å². The van der Waals surface area contributed by atoms with Crippen molar-refractivity contribution in [1.29, 1.82) is 0 Å². The number of aliphatic hydroxyl groups excluding tert-OH is 1. The van der Waals surface area contributed by atoms with Gasteiger partial charge in [-0.2, -0.15) is 0 Å². The van der Waals surface area contributed by atoms with Crippen LogP contribution in [0.1, 0.15) is 5.56 Å². The number of aryl methyl sites for hydroxylation is 1. The maximum atomic E-state index is 9.42. The molecule has 0 heterocycles. The summed E-state index contributed by atoms with van der Waals surface area (Å²) < 4.78 is 10.4. The van der Waals surface area contributed by atoms with Crippen LogP contribution in [0.2, 0.25) is 0 Å². The summed E-state index contributed by atoms with van der Waals surface area (Å²) in [6, 6.07) is 3.70. The Kier molecular flexibility index (Phi) is 5.06. The smallest absolute Gasteiger partial charge is 0.145 e. The van der Waals surface area contributed by atoms with Crippen molar-refractivity contribution < 1.29 is 14.6 Å². The Balaban J connectivity index is 2.89. The van der Waals surface area contributed by atoms with Crippen LogP contribution in [0.25, 0.3) is 0 Å². The molecule has 0 aromatic heterocycles. The first-order valence-electron chi connectivity index (χ1n) is 5.47. The SMILES string of the molecule is COc1cc(C)c(NCC(O)CN)c(OC)c1. The second-order valence-electron chi connectivity index (χ2n) is 3.79. The summed E-state index contributed by atoms with van der Waals surface area (Å²) in [4.78, 5) is 0. The van der Waals surface area contributed by atoms with Crippen molar-refractivity contribution in [1.82, 2.24) is 0 Å². The molecule has 0 aliphatic carbocycles. The van der Waals surface area contributed by atoms with Crippen LogP contribution in [-0.2, 0) is 0 Å². The van der Waals surface area contributed by atoms with Gasteiger partial charge in [0.05, 0.1) is 26.0 Å². The highest BCUT2D eigenvalue weighted by molar-refractivity contribution is 5.64. The number of nitrogens with two attached hydrogens (primary N) is 1. The van der Waals surface area contributed by atoms with Gasteiger partial charge in [0.25, 0.3) is 0 Å². The van der Waals surface area contributed by atoms with Gasteiger partial charge in [-0.05, 0) is 18.6 Å². The molecule has 0 aliphatic heterocycles. The third kappa shape index (κ3) is 3.51. The summed E-state index contributed by atoms with van der Waals surface area (Å²) in [5, 5.41) is 12.5. The van der Waals surface area contributed by atoms with Crippen LogP contribution < -0.4 is 20.5 Å². The molecule has 0 fully saturated rings. The minimum absolute atomic E-state index is 0.227. The summed E-state index contributed by atoms with van der Waals surface area (Å²) in [6.45, 7) is 2.56. The fraction of sp³-hybridized carbons (Fsp3) is 0.500. The minimum atomic E-state index is -0.568. The largest absolute Gasteiger partial charge is 0.497 e. The number of nitrogens with one attached hydrogen (secondary N) is 1. The first kappa shape index (κ1) is 13.6. The van der Waals surface area contributed by atoms with E-state index in [-0.39, 0.29) is 6.54 Å². The molecule has 4 N–H and O–H groups in total. The van der Waals surface area contributed by atoms with Crippen LogP contribution in [0.5, 0.6) is 11.5 Å². The van der Waals surface area contributed by atoms with Gasteiger partial charge >= 0.3 is 0 Å². The standard InChI is InChI=1S/C12H20N2O3/c1-8-4-10(16-2)5-11(17-3)12(8)14-7-9(15)6-13/h4-5,9,14-15H,6-7,13H2,1-3H3. The first-order valence-corrected chi connectivity index (χ1v) is 5.47. The van der Waals surface area contributed by atoms with Crippen molar-refractivity contribution in [3.8, 4) is 11.5 Å². The number of anilines is 1. The van der Waals surface area contributed by atoms with E-state index in [9.17, 15) is 5.11 Å². The molecule has 0 spiro atoms. The van der Waals surface area contributed by atoms with Crippen LogP contribution in [0.3, 0.4) is 0 Å². The van der Waals surface area contributed by atoms with Crippen LogP contribution >= 0.6 is 0 Å². The van der Waals surface area contributed by atoms with Gasteiger partial charge < -0.3 is 25.6 Å². The quantitative estimate of drug-likeness (QED) is 0.684. The van der Waals surface area contributed by atoms with E-state index in [2.05, 4.69) is 5.32 Å². The average molecular weight is 240 g/mol. The van der Waals surface area contributed by atoms with Crippen molar-refractivity contribution in [3.63, 3.8) is 0 Å². The Hall–Kier alpha value is -1.46. The van der Waals surface area contributed by atoms with Gasteiger partial charge in [-0.15, -0.1) is 0 Å². The maximum Gasteiger partial charge on any atom is 0.145 e. The van der Waals surface area contributed by atoms with E-state index in [1.165, 1.54) is 0 Å². The third-order valence-corrected chi connectivity index (χ3v) is 2.52. The Morgan fingerprint density at radius 3 is 2.59 bits per heavy atom. The molecule has 1 aromatic rings. The molecule has 0 saturated carbocycles.